The van der Waals surface area contributed by atoms with Crippen molar-refractivity contribution in [2.75, 3.05) is 6.54 Å². The molecule has 1 heterocycles. The molecule has 1 unspecified atom stereocenters. The van der Waals surface area contributed by atoms with Crippen LogP contribution in [0, 0.1) is 11.5 Å². The number of hydrogen-bond donors (Lipinski definition) is 0. The van der Waals surface area contributed by atoms with E-state index in [0.29, 0.717) is 13.0 Å². The Hall–Kier alpha value is -0.780. The van der Waals surface area contributed by atoms with Crippen molar-refractivity contribution in [2.24, 2.45) is 0 Å². The SMILES string of the molecule is N#CN1CCC1F. The minimum atomic E-state index is -0.981. The predicted octanol–water partition coefficient (Wildman–Crippen LogP) is 0.469. The summed E-state index contributed by atoms with van der Waals surface area (Å²) in [5.41, 5.74) is 0. The molecule has 7 heavy (non-hydrogen) atoms. The summed E-state index contributed by atoms with van der Waals surface area (Å²) in [6, 6.07) is 0. The Morgan fingerprint density at radius 3 is 2.57 bits per heavy atom. The van der Waals surface area contributed by atoms with Gasteiger partial charge in [-0.3, -0.25) is 4.90 Å². The van der Waals surface area contributed by atoms with Crippen LogP contribution in [0.1, 0.15) is 6.42 Å². The Labute approximate surface area is 41.1 Å². The van der Waals surface area contributed by atoms with Gasteiger partial charge < -0.3 is 0 Å². The van der Waals surface area contributed by atoms with Crippen LogP contribution in [-0.2, 0) is 0 Å². The highest BCUT2D eigenvalue weighted by molar-refractivity contribution is 4.84. The molecule has 0 aromatic rings. The molecular weight excluding hydrogens is 95.1 g/mol. The van der Waals surface area contributed by atoms with Crippen LogP contribution in [0.15, 0.2) is 0 Å². The van der Waals surface area contributed by atoms with E-state index in [-0.39, 0.29) is 0 Å². The number of halogens is 1. The zero-order chi connectivity index (χ0) is 5.28. The van der Waals surface area contributed by atoms with Crippen LogP contribution < -0.4 is 0 Å². The maximum absolute atomic E-state index is 11.9. The van der Waals surface area contributed by atoms with Gasteiger partial charge in [-0.15, -0.1) is 0 Å². The number of nitrogens with zero attached hydrogens (tertiary/aromatic N) is 2. The lowest BCUT2D eigenvalue weighted by atomic mass is 10.2. The van der Waals surface area contributed by atoms with Crippen molar-refractivity contribution < 1.29 is 4.39 Å². The summed E-state index contributed by atoms with van der Waals surface area (Å²) >= 11 is 0. The van der Waals surface area contributed by atoms with Gasteiger partial charge in [0, 0.05) is 13.0 Å². The summed E-state index contributed by atoms with van der Waals surface area (Å²) in [5, 5.41) is 7.99. The van der Waals surface area contributed by atoms with Gasteiger partial charge in [-0.2, -0.15) is 5.26 Å². The molecule has 0 saturated carbocycles. The molecule has 38 valence electrons. The summed E-state index contributed by atoms with van der Waals surface area (Å²) in [4.78, 5) is 1.11. The predicted molar refractivity (Wildman–Crippen MR) is 21.8 cm³/mol. The number of alkyl halides is 1. The number of hydrogen-bond acceptors (Lipinski definition) is 2. The maximum atomic E-state index is 11.9. The van der Waals surface area contributed by atoms with E-state index in [2.05, 4.69) is 0 Å². The van der Waals surface area contributed by atoms with E-state index in [9.17, 15) is 4.39 Å². The van der Waals surface area contributed by atoms with Gasteiger partial charge in [0.05, 0.1) is 0 Å². The molecule has 1 fully saturated rings. The standard InChI is InChI=1S/C4H5FN2/c5-4-1-2-7(4)3-6/h4H,1-2H2. The average molecular weight is 100 g/mol. The second-order valence-electron chi connectivity index (χ2n) is 1.52. The Morgan fingerprint density at radius 2 is 2.57 bits per heavy atom. The van der Waals surface area contributed by atoms with E-state index >= 15 is 0 Å². The molecule has 1 saturated heterocycles. The fourth-order valence-electron chi connectivity index (χ4n) is 0.468. The Bertz CT molecular complexity index is 107. The second-order valence-corrected chi connectivity index (χ2v) is 1.52. The van der Waals surface area contributed by atoms with Gasteiger partial charge in [-0.25, -0.2) is 4.39 Å². The maximum Gasteiger partial charge on any atom is 0.182 e. The van der Waals surface area contributed by atoms with Crippen LogP contribution in [0.25, 0.3) is 0 Å². The molecule has 0 aromatic heterocycles. The molecule has 1 rings (SSSR count). The summed E-state index contributed by atoms with van der Waals surface area (Å²) in [5.74, 6) is 0. The van der Waals surface area contributed by atoms with Gasteiger partial charge in [0.15, 0.2) is 12.5 Å². The first-order valence-electron chi connectivity index (χ1n) is 2.15. The summed E-state index contributed by atoms with van der Waals surface area (Å²) in [6.45, 7) is 0.595. The van der Waals surface area contributed by atoms with Crippen molar-refractivity contribution in [3.8, 4) is 6.19 Å². The molecular formula is C4H5FN2. The first-order chi connectivity index (χ1) is 3.34. The van der Waals surface area contributed by atoms with Gasteiger partial charge >= 0.3 is 0 Å². The Morgan fingerprint density at radius 1 is 1.86 bits per heavy atom. The molecule has 1 aliphatic heterocycles. The van der Waals surface area contributed by atoms with Gasteiger partial charge in [-0.1, -0.05) is 0 Å². The van der Waals surface area contributed by atoms with Gasteiger partial charge in [0.25, 0.3) is 0 Å². The quantitative estimate of drug-likeness (QED) is 0.327. The normalized spacial score (nSPS) is 28.6. The van der Waals surface area contributed by atoms with Crippen LogP contribution in [-0.4, -0.2) is 17.7 Å². The van der Waals surface area contributed by atoms with E-state index in [1.165, 1.54) is 0 Å². The third-order valence-corrected chi connectivity index (χ3v) is 1.07. The molecule has 0 amide bonds. The molecule has 0 aromatic carbocycles. The van der Waals surface area contributed by atoms with E-state index < -0.39 is 6.30 Å². The largest absolute Gasteiger partial charge is 0.279 e. The van der Waals surface area contributed by atoms with Crippen molar-refractivity contribution in [2.45, 2.75) is 12.7 Å². The van der Waals surface area contributed by atoms with E-state index in [4.69, 9.17) is 5.26 Å². The molecule has 3 heteroatoms. The van der Waals surface area contributed by atoms with Crippen LogP contribution in [0.5, 0.6) is 0 Å². The lowest BCUT2D eigenvalue weighted by Crippen LogP contribution is -2.40. The van der Waals surface area contributed by atoms with Crippen LogP contribution >= 0.6 is 0 Å². The van der Waals surface area contributed by atoms with Crippen LogP contribution in [0.4, 0.5) is 4.39 Å². The highest BCUT2D eigenvalue weighted by atomic mass is 19.1. The first kappa shape index (κ1) is 4.38. The topological polar surface area (TPSA) is 27.0 Å². The zero-order valence-corrected chi connectivity index (χ0v) is 3.76. The zero-order valence-electron chi connectivity index (χ0n) is 3.76. The number of likely N-dealkylation sites (tertiary alicyclic amines) is 1. The number of rotatable bonds is 0. The first-order valence-corrected chi connectivity index (χ1v) is 2.15. The summed E-state index contributed by atoms with van der Waals surface area (Å²) in [6.07, 6.45) is 1.25. The van der Waals surface area contributed by atoms with Crippen LogP contribution in [0.2, 0.25) is 0 Å². The minimum absolute atomic E-state index is 0.521. The molecule has 0 N–H and O–H groups in total. The van der Waals surface area contributed by atoms with Crippen molar-refractivity contribution in [3.63, 3.8) is 0 Å². The molecule has 0 aliphatic carbocycles. The number of nitriles is 1. The van der Waals surface area contributed by atoms with Gasteiger partial charge in [-0.05, 0) is 0 Å². The fraction of sp³-hybridized carbons (Fsp3) is 0.750. The fourth-order valence-corrected chi connectivity index (χ4v) is 0.468. The highest BCUT2D eigenvalue weighted by Gasteiger charge is 2.25. The van der Waals surface area contributed by atoms with Gasteiger partial charge in [0.2, 0.25) is 0 Å². The summed E-state index contributed by atoms with van der Waals surface area (Å²) in [7, 11) is 0. The molecule has 2 nitrogen and oxygen atoms in total. The Kier molecular flexibility index (Phi) is 0.861. The van der Waals surface area contributed by atoms with Crippen molar-refractivity contribution in [1.82, 2.24) is 4.90 Å². The van der Waals surface area contributed by atoms with Crippen LogP contribution in [0.3, 0.4) is 0 Å². The van der Waals surface area contributed by atoms with E-state index in [1.54, 1.807) is 6.19 Å². The molecule has 0 spiro atoms. The van der Waals surface area contributed by atoms with E-state index in [1.807, 2.05) is 0 Å². The smallest absolute Gasteiger partial charge is 0.182 e. The molecule has 1 aliphatic rings. The lowest BCUT2D eigenvalue weighted by Gasteiger charge is -2.28. The monoisotopic (exact) mass is 100 g/mol. The second kappa shape index (κ2) is 1.38. The van der Waals surface area contributed by atoms with Gasteiger partial charge in [0.1, 0.15) is 0 Å². The van der Waals surface area contributed by atoms with Crippen molar-refractivity contribution in [1.29, 1.82) is 5.26 Å². The summed E-state index contributed by atoms with van der Waals surface area (Å²) < 4.78 is 11.9. The average Bonchev–Trinajstić information content (AvgIpc) is 1.65. The van der Waals surface area contributed by atoms with Crippen molar-refractivity contribution >= 4 is 0 Å². The molecule has 1 atom stereocenters. The molecule has 0 bridgehead atoms. The Balaban J connectivity index is 2.33. The molecule has 0 radical (unpaired) electrons. The third-order valence-electron chi connectivity index (χ3n) is 1.07. The third kappa shape index (κ3) is 0.518. The lowest BCUT2D eigenvalue weighted by molar-refractivity contribution is 0.0438. The van der Waals surface area contributed by atoms with E-state index in [0.717, 1.165) is 4.90 Å². The van der Waals surface area contributed by atoms with Crippen molar-refractivity contribution in [3.05, 3.63) is 0 Å². The highest BCUT2D eigenvalue weighted by Crippen LogP contribution is 2.15. The minimum Gasteiger partial charge on any atom is -0.279 e.